The molecule has 2 aromatic rings. The summed E-state index contributed by atoms with van der Waals surface area (Å²) in [5.41, 5.74) is 3.59. The summed E-state index contributed by atoms with van der Waals surface area (Å²) in [4.78, 5) is 17.6. The molecule has 4 rings (SSSR count). The molecule has 26 heavy (non-hydrogen) atoms. The minimum atomic E-state index is -0.115. The summed E-state index contributed by atoms with van der Waals surface area (Å²) < 4.78 is 5.25. The molecule has 1 unspecified atom stereocenters. The number of benzene rings is 2. The van der Waals surface area contributed by atoms with Gasteiger partial charge in [-0.05, 0) is 55.5 Å². The number of methoxy groups -OCH3 is 1. The van der Waals surface area contributed by atoms with E-state index >= 15 is 0 Å². The van der Waals surface area contributed by atoms with Gasteiger partial charge in [0, 0.05) is 24.8 Å². The van der Waals surface area contributed by atoms with Crippen LogP contribution in [0.3, 0.4) is 0 Å². The summed E-state index contributed by atoms with van der Waals surface area (Å²) >= 11 is 0. The van der Waals surface area contributed by atoms with E-state index < -0.39 is 0 Å². The van der Waals surface area contributed by atoms with Gasteiger partial charge in [0.25, 0.3) is 0 Å². The number of hydrogen-bond acceptors (Lipinski definition) is 3. The molecular weight excluding hydrogens is 324 g/mol. The predicted molar refractivity (Wildman–Crippen MR) is 104 cm³/mol. The fourth-order valence-electron chi connectivity index (χ4n) is 3.86. The van der Waals surface area contributed by atoms with Gasteiger partial charge in [-0.15, -0.1) is 0 Å². The van der Waals surface area contributed by atoms with Gasteiger partial charge < -0.3 is 9.64 Å². The Hall–Kier alpha value is -2.33. The fraction of sp³-hybridized carbons (Fsp3) is 0.409. The maximum absolute atomic E-state index is 13.2. The lowest BCUT2D eigenvalue weighted by Gasteiger charge is -2.31. The first-order valence-electron chi connectivity index (χ1n) is 9.45. The number of fused-ring (bicyclic) bond motifs is 1. The molecule has 0 spiro atoms. The molecule has 2 aromatic carbocycles. The third-order valence-corrected chi connectivity index (χ3v) is 5.55. The Morgan fingerprint density at radius 3 is 2.62 bits per heavy atom. The zero-order valence-electron chi connectivity index (χ0n) is 15.5. The molecule has 136 valence electrons. The first-order valence-corrected chi connectivity index (χ1v) is 9.45. The topological polar surface area (TPSA) is 32.8 Å². The second-order valence-electron chi connectivity index (χ2n) is 7.30. The third-order valence-electron chi connectivity index (χ3n) is 5.55. The van der Waals surface area contributed by atoms with Crippen molar-refractivity contribution in [2.24, 2.45) is 0 Å². The number of nitrogens with zero attached hydrogens (tertiary/aromatic N) is 2. The van der Waals surface area contributed by atoms with Gasteiger partial charge in [-0.3, -0.25) is 9.69 Å². The lowest BCUT2D eigenvalue weighted by Crippen LogP contribution is -2.47. The van der Waals surface area contributed by atoms with E-state index in [1.807, 2.05) is 23.1 Å². The average Bonchev–Trinajstić information content (AvgIpc) is 3.44. The zero-order chi connectivity index (χ0) is 18.1. The molecule has 0 N–H and O–H groups in total. The molecule has 0 radical (unpaired) electrons. The van der Waals surface area contributed by atoms with Crippen molar-refractivity contribution in [2.75, 3.05) is 18.6 Å². The number of carbonyl (C=O) groups is 1. The van der Waals surface area contributed by atoms with Crippen molar-refractivity contribution < 1.29 is 9.53 Å². The Labute approximate surface area is 155 Å². The maximum atomic E-state index is 13.2. The van der Waals surface area contributed by atoms with Crippen LogP contribution < -0.4 is 9.64 Å². The smallest absolute Gasteiger partial charge is 0.244 e. The highest BCUT2D eigenvalue weighted by atomic mass is 16.5. The minimum Gasteiger partial charge on any atom is -0.497 e. The van der Waals surface area contributed by atoms with Gasteiger partial charge >= 0.3 is 0 Å². The summed E-state index contributed by atoms with van der Waals surface area (Å²) in [6.07, 6.45) is 3.32. The van der Waals surface area contributed by atoms with Crippen molar-refractivity contribution >= 4 is 11.6 Å². The van der Waals surface area contributed by atoms with Crippen LogP contribution in [0.15, 0.2) is 48.5 Å². The minimum absolute atomic E-state index is 0.115. The predicted octanol–water partition coefficient (Wildman–Crippen LogP) is 3.64. The number of hydrogen-bond donors (Lipinski definition) is 0. The van der Waals surface area contributed by atoms with Crippen molar-refractivity contribution in [1.82, 2.24) is 4.90 Å². The quantitative estimate of drug-likeness (QED) is 0.797. The van der Waals surface area contributed by atoms with Gasteiger partial charge in [0.15, 0.2) is 0 Å². The van der Waals surface area contributed by atoms with Crippen molar-refractivity contribution in [3.05, 3.63) is 59.7 Å². The van der Waals surface area contributed by atoms with Crippen LogP contribution in [0.5, 0.6) is 5.75 Å². The van der Waals surface area contributed by atoms with E-state index in [2.05, 4.69) is 42.2 Å². The van der Waals surface area contributed by atoms with Gasteiger partial charge in [0.05, 0.1) is 13.2 Å². The van der Waals surface area contributed by atoms with Crippen LogP contribution in [-0.2, 0) is 17.8 Å². The summed E-state index contributed by atoms with van der Waals surface area (Å²) in [5, 5.41) is 0. The Kier molecular flexibility index (Phi) is 4.68. The fourth-order valence-corrected chi connectivity index (χ4v) is 3.86. The second kappa shape index (κ2) is 7.12. The van der Waals surface area contributed by atoms with Crippen LogP contribution >= 0.6 is 0 Å². The van der Waals surface area contributed by atoms with E-state index in [-0.39, 0.29) is 11.9 Å². The number of anilines is 1. The Balaban J connectivity index is 1.50. The molecule has 4 heteroatoms. The van der Waals surface area contributed by atoms with Gasteiger partial charge in [0.1, 0.15) is 5.75 Å². The average molecular weight is 350 g/mol. The summed E-state index contributed by atoms with van der Waals surface area (Å²) in [6.45, 7) is 3.66. The SMILES string of the molecule is COc1ccc(CN(C2CC2)C(C)C(=O)N2CCc3ccccc32)cc1. The van der Waals surface area contributed by atoms with Crippen LogP contribution in [0.4, 0.5) is 5.69 Å². The van der Waals surface area contributed by atoms with Crippen LogP contribution in [-0.4, -0.2) is 36.5 Å². The molecule has 0 saturated heterocycles. The molecule has 1 atom stereocenters. The molecule has 4 nitrogen and oxygen atoms in total. The van der Waals surface area contributed by atoms with E-state index in [0.717, 1.165) is 30.9 Å². The molecule has 1 aliphatic carbocycles. The Morgan fingerprint density at radius 2 is 1.92 bits per heavy atom. The van der Waals surface area contributed by atoms with E-state index in [9.17, 15) is 4.79 Å². The van der Waals surface area contributed by atoms with Crippen molar-refractivity contribution in [3.8, 4) is 5.75 Å². The molecule has 2 aliphatic rings. The van der Waals surface area contributed by atoms with E-state index in [4.69, 9.17) is 4.74 Å². The summed E-state index contributed by atoms with van der Waals surface area (Å²) in [6, 6.07) is 16.8. The first kappa shape index (κ1) is 17.1. The zero-order valence-corrected chi connectivity index (χ0v) is 15.5. The molecule has 1 fully saturated rings. The number of rotatable bonds is 6. The van der Waals surface area contributed by atoms with Crippen LogP contribution in [0.1, 0.15) is 30.9 Å². The van der Waals surface area contributed by atoms with Crippen LogP contribution in [0.25, 0.3) is 0 Å². The summed E-state index contributed by atoms with van der Waals surface area (Å²) in [7, 11) is 1.68. The lowest BCUT2D eigenvalue weighted by atomic mass is 10.1. The van der Waals surface area contributed by atoms with Crippen LogP contribution in [0.2, 0.25) is 0 Å². The number of amides is 1. The first-order chi connectivity index (χ1) is 12.7. The normalized spacial score (nSPS) is 17.3. The number of para-hydroxylation sites is 1. The monoisotopic (exact) mass is 350 g/mol. The van der Waals surface area contributed by atoms with E-state index in [1.165, 1.54) is 24.0 Å². The van der Waals surface area contributed by atoms with Crippen molar-refractivity contribution in [2.45, 2.75) is 44.8 Å². The van der Waals surface area contributed by atoms with E-state index in [1.54, 1.807) is 7.11 Å². The second-order valence-corrected chi connectivity index (χ2v) is 7.30. The highest BCUT2D eigenvalue weighted by molar-refractivity contribution is 5.98. The maximum Gasteiger partial charge on any atom is 0.244 e. The molecule has 1 heterocycles. The van der Waals surface area contributed by atoms with Gasteiger partial charge in [-0.25, -0.2) is 0 Å². The van der Waals surface area contributed by atoms with Gasteiger partial charge in [-0.1, -0.05) is 30.3 Å². The lowest BCUT2D eigenvalue weighted by molar-refractivity contribution is -0.123. The largest absolute Gasteiger partial charge is 0.497 e. The standard InChI is InChI=1S/C22H26N2O2/c1-16(22(25)23-14-13-18-5-3-4-6-21(18)23)24(19-9-10-19)15-17-7-11-20(26-2)12-8-17/h3-8,11-12,16,19H,9-10,13-15H2,1-2H3. The molecule has 1 amide bonds. The van der Waals surface area contributed by atoms with E-state index in [0.29, 0.717) is 6.04 Å². The Bertz CT molecular complexity index is 783. The number of carbonyl (C=O) groups excluding carboxylic acids is 1. The van der Waals surface area contributed by atoms with Crippen LogP contribution in [0, 0.1) is 0 Å². The molecule has 1 aliphatic heterocycles. The summed E-state index contributed by atoms with van der Waals surface area (Å²) in [5.74, 6) is 1.08. The molecule has 0 aromatic heterocycles. The Morgan fingerprint density at radius 1 is 1.19 bits per heavy atom. The molecular formula is C22H26N2O2. The third kappa shape index (κ3) is 3.34. The van der Waals surface area contributed by atoms with Gasteiger partial charge in [-0.2, -0.15) is 0 Å². The highest BCUT2D eigenvalue weighted by Crippen LogP contribution is 2.33. The molecule has 0 bridgehead atoms. The highest BCUT2D eigenvalue weighted by Gasteiger charge is 2.38. The van der Waals surface area contributed by atoms with Crippen molar-refractivity contribution in [1.29, 1.82) is 0 Å². The number of ether oxygens (including phenoxy) is 1. The molecule has 1 saturated carbocycles. The van der Waals surface area contributed by atoms with Crippen molar-refractivity contribution in [3.63, 3.8) is 0 Å². The van der Waals surface area contributed by atoms with Gasteiger partial charge in [0.2, 0.25) is 5.91 Å².